The van der Waals surface area contributed by atoms with Crippen molar-refractivity contribution in [2.24, 2.45) is 0 Å². The van der Waals surface area contributed by atoms with Crippen molar-refractivity contribution < 1.29 is 19.1 Å². The summed E-state index contributed by atoms with van der Waals surface area (Å²) in [7, 11) is 2.59. The smallest absolute Gasteiger partial charge is 0.407 e. The number of carbonyl (C=O) groups excluding carboxylic acids is 2. The van der Waals surface area contributed by atoms with Gasteiger partial charge in [-0.05, 0) is 50.3 Å². The van der Waals surface area contributed by atoms with Crippen LogP contribution >= 0.6 is 11.8 Å². The summed E-state index contributed by atoms with van der Waals surface area (Å²) in [5.41, 5.74) is 1.90. The molecule has 0 radical (unpaired) electrons. The van der Waals surface area contributed by atoms with Gasteiger partial charge < -0.3 is 14.8 Å². The number of allylic oxidation sites excluding steroid dienone is 5. The second-order valence-electron chi connectivity index (χ2n) is 4.93. The third-order valence-corrected chi connectivity index (χ3v) is 3.90. The van der Waals surface area contributed by atoms with Crippen LogP contribution in [0.25, 0.3) is 0 Å². The maximum absolute atomic E-state index is 12.3. The topological polar surface area (TPSA) is 64.6 Å². The van der Waals surface area contributed by atoms with E-state index in [0.717, 1.165) is 5.75 Å². The van der Waals surface area contributed by atoms with Crippen LogP contribution in [0.3, 0.4) is 0 Å². The predicted octanol–water partition coefficient (Wildman–Crippen LogP) is 3.63. The minimum Gasteiger partial charge on any atom is -0.467 e. The van der Waals surface area contributed by atoms with Gasteiger partial charge in [0, 0.05) is 0 Å². The Morgan fingerprint density at radius 1 is 1.17 bits per heavy atom. The standard InChI is InChI=1S/C18H27NO4S/c1-5-6-7-8-9-10-11-12-13-18(14-15-24-4,16(20)22-2)19-17(21)23-3/h5-7,9-11H,12-15H2,1-4H3,(H,19,21)/b6-5-,11-10+. The summed E-state index contributed by atoms with van der Waals surface area (Å²) in [4.78, 5) is 23.9. The lowest BCUT2D eigenvalue weighted by Crippen LogP contribution is -2.55. The highest BCUT2D eigenvalue weighted by Gasteiger charge is 2.40. The lowest BCUT2D eigenvalue weighted by atomic mass is 9.90. The zero-order valence-corrected chi connectivity index (χ0v) is 15.7. The summed E-state index contributed by atoms with van der Waals surface area (Å²) >= 11 is 1.60. The molecule has 0 aromatic heterocycles. The van der Waals surface area contributed by atoms with Gasteiger partial charge in [-0.2, -0.15) is 11.8 Å². The van der Waals surface area contributed by atoms with Gasteiger partial charge in [-0.3, -0.25) is 0 Å². The third-order valence-electron chi connectivity index (χ3n) is 3.29. The Hall–Kier alpha value is -1.91. The Labute approximate surface area is 148 Å². The van der Waals surface area contributed by atoms with Gasteiger partial charge in [-0.15, -0.1) is 5.73 Å². The van der Waals surface area contributed by atoms with Crippen LogP contribution in [0.5, 0.6) is 0 Å². The predicted molar refractivity (Wildman–Crippen MR) is 99.1 cm³/mol. The van der Waals surface area contributed by atoms with Crippen LogP contribution in [0, 0.1) is 0 Å². The Kier molecular flexibility index (Phi) is 12.4. The molecule has 0 aromatic rings. The van der Waals surface area contributed by atoms with Crippen LogP contribution in [-0.4, -0.2) is 43.8 Å². The van der Waals surface area contributed by atoms with Gasteiger partial charge in [-0.25, -0.2) is 9.59 Å². The SMILES string of the molecule is C/C=C\C=C=C/C=C/CCC(CCSC)(NC(=O)OC)C(=O)OC. The third kappa shape index (κ3) is 8.65. The molecule has 1 unspecified atom stereocenters. The number of hydrogen-bond acceptors (Lipinski definition) is 5. The second-order valence-corrected chi connectivity index (χ2v) is 5.91. The van der Waals surface area contributed by atoms with Crippen molar-refractivity contribution >= 4 is 23.8 Å². The van der Waals surface area contributed by atoms with E-state index in [4.69, 9.17) is 4.74 Å². The quantitative estimate of drug-likeness (QED) is 0.369. The normalized spacial score (nSPS) is 13.2. The minimum absolute atomic E-state index is 0.429. The highest BCUT2D eigenvalue weighted by molar-refractivity contribution is 7.98. The lowest BCUT2D eigenvalue weighted by Gasteiger charge is -2.31. The van der Waals surface area contributed by atoms with Gasteiger partial charge in [0.1, 0.15) is 5.54 Å². The first kappa shape index (κ1) is 22.1. The van der Waals surface area contributed by atoms with E-state index >= 15 is 0 Å². The Morgan fingerprint density at radius 3 is 2.46 bits per heavy atom. The molecule has 134 valence electrons. The molecule has 5 nitrogen and oxygen atoms in total. The zero-order chi connectivity index (χ0) is 18.3. The molecule has 1 atom stereocenters. The maximum atomic E-state index is 12.3. The fraction of sp³-hybridized carbons (Fsp3) is 0.500. The molecule has 1 N–H and O–H groups in total. The average molecular weight is 353 g/mol. The summed E-state index contributed by atoms with van der Waals surface area (Å²) in [6.45, 7) is 1.93. The van der Waals surface area contributed by atoms with E-state index in [0.29, 0.717) is 19.3 Å². The van der Waals surface area contributed by atoms with E-state index < -0.39 is 17.6 Å². The van der Waals surface area contributed by atoms with Crippen LogP contribution in [0.4, 0.5) is 4.79 Å². The zero-order valence-electron chi connectivity index (χ0n) is 14.8. The molecule has 0 aliphatic carbocycles. The molecule has 24 heavy (non-hydrogen) atoms. The number of thioether (sulfide) groups is 1. The molecule has 0 heterocycles. The van der Waals surface area contributed by atoms with E-state index in [1.165, 1.54) is 14.2 Å². The Morgan fingerprint density at radius 2 is 1.88 bits per heavy atom. The van der Waals surface area contributed by atoms with E-state index in [1.54, 1.807) is 23.9 Å². The lowest BCUT2D eigenvalue weighted by molar-refractivity contribution is -0.148. The van der Waals surface area contributed by atoms with Crippen molar-refractivity contribution in [2.45, 2.75) is 31.7 Å². The Bertz CT molecular complexity index is 507. The first-order valence-corrected chi connectivity index (χ1v) is 9.08. The number of alkyl carbamates (subject to hydrolysis) is 1. The van der Waals surface area contributed by atoms with Gasteiger partial charge >= 0.3 is 12.1 Å². The molecule has 6 heteroatoms. The number of esters is 1. The summed E-state index contributed by atoms with van der Waals surface area (Å²) in [6, 6.07) is 0. The largest absolute Gasteiger partial charge is 0.467 e. The fourth-order valence-electron chi connectivity index (χ4n) is 1.98. The van der Waals surface area contributed by atoms with E-state index in [1.807, 2.05) is 37.5 Å². The number of carbonyl (C=O) groups is 2. The highest BCUT2D eigenvalue weighted by Crippen LogP contribution is 2.22. The molecular weight excluding hydrogens is 326 g/mol. The first-order valence-electron chi connectivity index (χ1n) is 7.68. The van der Waals surface area contributed by atoms with Crippen molar-refractivity contribution in [3.05, 3.63) is 42.2 Å². The summed E-state index contributed by atoms with van der Waals surface area (Å²) in [6.07, 6.45) is 14.0. The van der Waals surface area contributed by atoms with Crippen molar-refractivity contribution in [1.82, 2.24) is 5.32 Å². The van der Waals surface area contributed by atoms with Crippen LogP contribution < -0.4 is 5.32 Å². The van der Waals surface area contributed by atoms with Crippen LogP contribution in [-0.2, 0) is 14.3 Å². The van der Waals surface area contributed by atoms with E-state index in [-0.39, 0.29) is 0 Å². The van der Waals surface area contributed by atoms with E-state index in [9.17, 15) is 9.59 Å². The van der Waals surface area contributed by atoms with Gasteiger partial charge in [0.25, 0.3) is 0 Å². The number of ether oxygens (including phenoxy) is 2. The summed E-state index contributed by atoms with van der Waals surface area (Å²) in [5, 5.41) is 2.66. The number of amides is 1. The number of rotatable bonds is 10. The second kappa shape index (κ2) is 13.5. The molecule has 0 saturated carbocycles. The average Bonchev–Trinajstić information content (AvgIpc) is 2.60. The van der Waals surface area contributed by atoms with Gasteiger partial charge in [0.05, 0.1) is 14.2 Å². The highest BCUT2D eigenvalue weighted by atomic mass is 32.2. The number of methoxy groups -OCH3 is 2. The first-order chi connectivity index (χ1) is 11.6. The van der Waals surface area contributed by atoms with Crippen molar-refractivity contribution in [1.29, 1.82) is 0 Å². The van der Waals surface area contributed by atoms with Crippen LogP contribution in [0.1, 0.15) is 26.2 Å². The van der Waals surface area contributed by atoms with E-state index in [2.05, 4.69) is 15.8 Å². The van der Waals surface area contributed by atoms with Crippen LogP contribution in [0.15, 0.2) is 42.2 Å². The Balaban J connectivity index is 5.01. The number of nitrogens with one attached hydrogen (secondary N) is 1. The molecule has 0 fully saturated rings. The summed E-state index contributed by atoms with van der Waals surface area (Å²) in [5.74, 6) is 0.258. The van der Waals surface area contributed by atoms with Gasteiger partial charge in [0.2, 0.25) is 0 Å². The molecule has 0 aromatic carbocycles. The minimum atomic E-state index is -1.08. The van der Waals surface area contributed by atoms with Crippen molar-refractivity contribution in [3.63, 3.8) is 0 Å². The van der Waals surface area contributed by atoms with Crippen molar-refractivity contribution in [2.75, 3.05) is 26.2 Å². The monoisotopic (exact) mass is 353 g/mol. The molecule has 0 aliphatic rings. The van der Waals surface area contributed by atoms with Gasteiger partial charge in [-0.1, -0.05) is 24.3 Å². The summed E-state index contributed by atoms with van der Waals surface area (Å²) < 4.78 is 9.56. The molecule has 0 saturated heterocycles. The van der Waals surface area contributed by atoms with Gasteiger partial charge in [0.15, 0.2) is 0 Å². The fourth-order valence-corrected chi connectivity index (χ4v) is 2.53. The maximum Gasteiger partial charge on any atom is 0.407 e. The molecule has 0 rings (SSSR count). The molecule has 0 bridgehead atoms. The van der Waals surface area contributed by atoms with Crippen molar-refractivity contribution in [3.8, 4) is 0 Å². The molecule has 0 spiro atoms. The number of hydrogen-bond donors (Lipinski definition) is 1. The molecular formula is C18H27NO4S. The van der Waals surface area contributed by atoms with Crippen LogP contribution in [0.2, 0.25) is 0 Å². The molecule has 1 amide bonds. The molecule has 0 aliphatic heterocycles.